The van der Waals surface area contributed by atoms with Crippen molar-refractivity contribution in [2.45, 2.75) is 6.67 Å². The highest BCUT2D eigenvalue weighted by molar-refractivity contribution is 7.13. The Balaban J connectivity index is 2.14. The second-order valence-corrected chi connectivity index (χ2v) is 3.64. The first kappa shape index (κ1) is 9.66. The molecule has 2 rings (SSSR count). The van der Waals surface area contributed by atoms with Crippen LogP contribution < -0.4 is 16.4 Å². The zero-order chi connectivity index (χ0) is 10.7. The maximum atomic E-state index is 11.3. The van der Waals surface area contributed by atoms with E-state index in [1.54, 1.807) is 6.20 Å². The number of rotatable bonds is 3. The number of hydrogen-bond donors (Lipinski definition) is 2. The van der Waals surface area contributed by atoms with E-state index < -0.39 is 0 Å². The first-order valence-electron chi connectivity index (χ1n) is 4.19. The average molecular weight is 224 g/mol. The Morgan fingerprint density at radius 2 is 2.33 bits per heavy atom. The molecule has 78 valence electrons. The van der Waals surface area contributed by atoms with Gasteiger partial charge < -0.3 is 5.32 Å². The molecule has 0 spiro atoms. The summed E-state index contributed by atoms with van der Waals surface area (Å²) in [5.41, 5.74) is -0.575. The number of anilines is 1. The molecule has 0 atom stereocenters. The number of H-pyrrole nitrogens is 1. The average Bonchev–Trinajstić information content (AvgIpc) is 2.72. The predicted octanol–water partition coefficient (Wildman–Crippen LogP) is 0.0627. The molecule has 0 amide bonds. The highest BCUT2D eigenvalue weighted by Gasteiger charge is 1.97. The summed E-state index contributed by atoms with van der Waals surface area (Å²) in [4.78, 5) is 26.2. The van der Waals surface area contributed by atoms with E-state index in [2.05, 4.69) is 15.4 Å². The van der Waals surface area contributed by atoms with Crippen molar-refractivity contribution in [2.24, 2.45) is 0 Å². The van der Waals surface area contributed by atoms with Crippen molar-refractivity contribution in [3.63, 3.8) is 0 Å². The van der Waals surface area contributed by atoms with Crippen LogP contribution in [-0.2, 0) is 6.67 Å². The van der Waals surface area contributed by atoms with Crippen LogP contribution in [0.15, 0.2) is 33.3 Å². The van der Waals surface area contributed by atoms with Crippen molar-refractivity contribution in [3.8, 4) is 0 Å². The molecular formula is C8H8N4O2S. The van der Waals surface area contributed by atoms with Gasteiger partial charge in [0.2, 0.25) is 0 Å². The Kier molecular flexibility index (Phi) is 2.64. The zero-order valence-electron chi connectivity index (χ0n) is 7.64. The minimum Gasteiger partial charge on any atom is -0.342 e. The van der Waals surface area contributed by atoms with E-state index in [0.717, 1.165) is 0 Å². The minimum absolute atomic E-state index is 0.197. The van der Waals surface area contributed by atoms with Crippen molar-refractivity contribution in [1.29, 1.82) is 0 Å². The van der Waals surface area contributed by atoms with Crippen LogP contribution >= 0.6 is 11.3 Å². The molecule has 0 aliphatic carbocycles. The van der Waals surface area contributed by atoms with Crippen molar-refractivity contribution in [2.75, 3.05) is 5.32 Å². The summed E-state index contributed by atoms with van der Waals surface area (Å²) in [6.07, 6.45) is 1.66. The number of thiazole rings is 1. The minimum atomic E-state index is -0.310. The molecule has 0 fully saturated rings. The molecule has 0 aliphatic heterocycles. The second-order valence-electron chi connectivity index (χ2n) is 2.75. The monoisotopic (exact) mass is 224 g/mol. The van der Waals surface area contributed by atoms with Gasteiger partial charge in [-0.05, 0) is 0 Å². The van der Waals surface area contributed by atoms with Crippen LogP contribution in [0.25, 0.3) is 0 Å². The fraction of sp³-hybridized carbons (Fsp3) is 0.125. The van der Waals surface area contributed by atoms with E-state index in [9.17, 15) is 9.59 Å². The van der Waals surface area contributed by atoms with Crippen molar-refractivity contribution >= 4 is 16.5 Å². The summed E-state index contributed by atoms with van der Waals surface area (Å²) in [7, 11) is 0. The van der Waals surface area contributed by atoms with E-state index in [1.165, 1.54) is 28.2 Å². The SMILES string of the molecule is O=c1ccc(=O)n(CNc2nccs2)[nH]1. The van der Waals surface area contributed by atoms with Gasteiger partial charge in [-0.15, -0.1) is 11.3 Å². The number of nitrogens with one attached hydrogen (secondary N) is 2. The third-order valence-corrected chi connectivity index (χ3v) is 2.44. The highest BCUT2D eigenvalue weighted by atomic mass is 32.1. The molecule has 0 aromatic carbocycles. The van der Waals surface area contributed by atoms with Crippen molar-refractivity contribution in [1.82, 2.24) is 14.8 Å². The molecule has 2 aromatic heterocycles. The second kappa shape index (κ2) is 4.09. The van der Waals surface area contributed by atoms with Gasteiger partial charge in [0, 0.05) is 23.7 Å². The number of nitrogens with zero attached hydrogens (tertiary/aromatic N) is 2. The standard InChI is InChI=1S/C8H8N4O2S/c13-6-1-2-7(14)12(11-6)5-10-8-9-3-4-15-8/h1-4H,5H2,(H,9,10)(H,11,13). The maximum Gasteiger partial charge on any atom is 0.266 e. The topological polar surface area (TPSA) is 79.8 Å². The Morgan fingerprint density at radius 1 is 1.47 bits per heavy atom. The van der Waals surface area contributed by atoms with Crippen LogP contribution in [0.1, 0.15) is 0 Å². The van der Waals surface area contributed by atoms with Crippen LogP contribution in [-0.4, -0.2) is 14.8 Å². The van der Waals surface area contributed by atoms with Gasteiger partial charge in [0.1, 0.15) is 6.67 Å². The molecule has 2 N–H and O–H groups in total. The van der Waals surface area contributed by atoms with E-state index >= 15 is 0 Å². The Bertz CT molecular complexity index is 542. The molecule has 0 radical (unpaired) electrons. The first-order valence-corrected chi connectivity index (χ1v) is 5.07. The lowest BCUT2D eigenvalue weighted by Gasteiger charge is -2.04. The molecule has 0 bridgehead atoms. The maximum absolute atomic E-state index is 11.3. The molecule has 6 nitrogen and oxygen atoms in total. The summed E-state index contributed by atoms with van der Waals surface area (Å²) < 4.78 is 1.18. The molecule has 2 heterocycles. The molecule has 7 heteroatoms. The van der Waals surface area contributed by atoms with Gasteiger partial charge in [0.25, 0.3) is 11.1 Å². The Morgan fingerprint density at radius 3 is 3.07 bits per heavy atom. The van der Waals surface area contributed by atoms with Crippen molar-refractivity contribution < 1.29 is 0 Å². The summed E-state index contributed by atoms with van der Waals surface area (Å²) in [6, 6.07) is 2.42. The largest absolute Gasteiger partial charge is 0.342 e. The van der Waals surface area contributed by atoms with Crippen molar-refractivity contribution in [3.05, 3.63) is 44.4 Å². The van der Waals surface area contributed by atoms with Gasteiger partial charge in [0.15, 0.2) is 5.13 Å². The zero-order valence-corrected chi connectivity index (χ0v) is 8.45. The van der Waals surface area contributed by atoms with Gasteiger partial charge in [-0.3, -0.25) is 14.7 Å². The molecule has 0 saturated heterocycles. The lowest BCUT2D eigenvalue weighted by molar-refractivity contribution is 0.613. The first-order chi connectivity index (χ1) is 7.25. The van der Waals surface area contributed by atoms with Crippen LogP contribution in [0.3, 0.4) is 0 Å². The van der Waals surface area contributed by atoms with Gasteiger partial charge in [-0.25, -0.2) is 9.67 Å². The summed E-state index contributed by atoms with van der Waals surface area (Å²) in [6.45, 7) is 0.197. The van der Waals surface area contributed by atoms with E-state index in [4.69, 9.17) is 0 Å². The highest BCUT2D eigenvalue weighted by Crippen LogP contribution is 2.09. The quantitative estimate of drug-likeness (QED) is 0.772. The molecule has 0 saturated carbocycles. The molecule has 0 unspecified atom stereocenters. The Labute approximate surface area is 88.2 Å². The number of aromatic amines is 1. The smallest absolute Gasteiger partial charge is 0.266 e. The van der Waals surface area contributed by atoms with E-state index in [-0.39, 0.29) is 17.8 Å². The predicted molar refractivity (Wildman–Crippen MR) is 57.1 cm³/mol. The van der Waals surface area contributed by atoms with Gasteiger partial charge >= 0.3 is 0 Å². The third-order valence-electron chi connectivity index (χ3n) is 1.71. The molecule has 0 aliphatic rings. The van der Waals surface area contributed by atoms with Crippen LogP contribution in [0.4, 0.5) is 5.13 Å². The summed E-state index contributed by atoms with van der Waals surface area (Å²) >= 11 is 1.42. The van der Waals surface area contributed by atoms with Gasteiger partial charge in [0.05, 0.1) is 0 Å². The van der Waals surface area contributed by atoms with Gasteiger partial charge in [-0.1, -0.05) is 0 Å². The normalized spacial score (nSPS) is 10.1. The molecule has 15 heavy (non-hydrogen) atoms. The molecule has 2 aromatic rings. The lowest BCUT2D eigenvalue weighted by Crippen LogP contribution is -2.30. The third kappa shape index (κ3) is 2.32. The number of aromatic nitrogens is 3. The lowest BCUT2D eigenvalue weighted by atomic mass is 10.6. The van der Waals surface area contributed by atoms with E-state index in [0.29, 0.717) is 5.13 Å². The van der Waals surface area contributed by atoms with Crippen LogP contribution in [0, 0.1) is 0 Å². The van der Waals surface area contributed by atoms with Crippen LogP contribution in [0.2, 0.25) is 0 Å². The summed E-state index contributed by atoms with van der Waals surface area (Å²) in [5, 5.41) is 7.83. The fourth-order valence-electron chi connectivity index (χ4n) is 1.04. The fourth-order valence-corrected chi connectivity index (χ4v) is 1.56. The van der Waals surface area contributed by atoms with Gasteiger partial charge in [-0.2, -0.15) is 0 Å². The van der Waals surface area contributed by atoms with Crippen LogP contribution in [0.5, 0.6) is 0 Å². The number of hydrogen-bond acceptors (Lipinski definition) is 5. The Hall–Kier alpha value is -1.89. The molecular weight excluding hydrogens is 216 g/mol. The summed E-state index contributed by atoms with van der Waals surface area (Å²) in [5.74, 6) is 0. The van der Waals surface area contributed by atoms with E-state index in [1.807, 2.05) is 5.38 Å².